The van der Waals surface area contributed by atoms with E-state index in [2.05, 4.69) is 100 Å². The molecule has 0 atom stereocenters. The van der Waals surface area contributed by atoms with Crippen LogP contribution in [0.25, 0.3) is 10.8 Å². The van der Waals surface area contributed by atoms with Crippen molar-refractivity contribution in [1.29, 1.82) is 0 Å². The van der Waals surface area contributed by atoms with Crippen molar-refractivity contribution in [3.63, 3.8) is 0 Å². The fourth-order valence-corrected chi connectivity index (χ4v) is 5.64. The number of allylic oxidation sites excluding steroid dienone is 4. The second kappa shape index (κ2) is 18.9. The molecule has 3 rings (SSSR count). The third kappa shape index (κ3) is 14.4. The predicted molar refractivity (Wildman–Crippen MR) is 145 cm³/mol. The van der Waals surface area contributed by atoms with Gasteiger partial charge in [-0.3, -0.25) is 6.08 Å². The van der Waals surface area contributed by atoms with E-state index in [1.807, 2.05) is 0 Å². The number of fused-ring (bicyclic) bond motifs is 1. The van der Waals surface area contributed by atoms with E-state index in [9.17, 15) is 0 Å². The van der Waals surface area contributed by atoms with Crippen molar-refractivity contribution < 1.29 is 27.8 Å². The molecule has 0 aliphatic heterocycles. The quantitative estimate of drug-likeness (QED) is 0.262. The van der Waals surface area contributed by atoms with Crippen molar-refractivity contribution in [2.24, 2.45) is 0 Å². The van der Waals surface area contributed by atoms with Crippen LogP contribution in [0.5, 0.6) is 0 Å². The monoisotopic (exact) mass is 574 g/mol. The summed E-state index contributed by atoms with van der Waals surface area (Å²) in [6.07, 6.45) is 8.96. The van der Waals surface area contributed by atoms with Crippen LogP contribution >= 0.6 is 24.8 Å². The van der Waals surface area contributed by atoms with Gasteiger partial charge in [0.2, 0.25) is 0 Å². The molecule has 0 saturated carbocycles. The smallest absolute Gasteiger partial charge is 0.0809 e. The maximum atomic E-state index is 5.93. The third-order valence-corrected chi connectivity index (χ3v) is 8.56. The summed E-state index contributed by atoms with van der Waals surface area (Å²) in [7, 11) is -2.58. The largest absolute Gasteiger partial charge is 0.168 e. The topological polar surface area (TPSA) is 9.23 Å². The minimum atomic E-state index is -1.32. The standard InChI is InChI=1S/C12H23OSi2.C9H7.2CH3.2ClH.Si.Zr/c1-14(2,3)13-10-11-15(4,5)12-8-6-7-9-12;1-2-5-9-7-3-6-8(9)4-1;;;;;;/h6,8H,7,10-11H2,1-5H3;1-7H;2*1H3;2*1H;;/q4*-1;;;;. The Balaban J connectivity index is -0.000000197. The molecule has 0 fully saturated rings. The Kier molecular flexibility index (Phi) is 23.8. The SMILES string of the molecule is C[Si](C)(C)OCC[Si](C)(C)C1=[C-]CC=C1.Cl.Cl.[CH3-].[CH3-].[Si]=[Zr].c1ccc2[cH-]ccc2c1. The van der Waals surface area contributed by atoms with Gasteiger partial charge >= 0.3 is 30.2 Å². The Labute approximate surface area is 217 Å². The molecule has 0 spiro atoms. The van der Waals surface area contributed by atoms with Gasteiger partial charge in [-0.2, -0.15) is 23.6 Å². The maximum Gasteiger partial charge on any atom is -0.0809 e. The molecule has 0 unspecified atom stereocenters. The summed E-state index contributed by atoms with van der Waals surface area (Å²) in [4.78, 5) is 0. The van der Waals surface area contributed by atoms with Gasteiger partial charge in [0.1, 0.15) is 0 Å². The van der Waals surface area contributed by atoms with Gasteiger partial charge in [0.05, 0.1) is 0 Å². The molecule has 0 heterocycles. The van der Waals surface area contributed by atoms with E-state index in [1.165, 1.54) is 45.3 Å². The normalized spacial score (nSPS) is 11.7. The Morgan fingerprint density at radius 2 is 1.63 bits per heavy atom. The summed E-state index contributed by atoms with van der Waals surface area (Å²) in [6.45, 7) is 15.6. The number of rotatable bonds is 5. The van der Waals surface area contributed by atoms with Gasteiger partial charge in [-0.15, -0.1) is 60.9 Å². The molecule has 0 N–H and O–H groups in total. The zero-order valence-corrected chi connectivity index (χ0v) is 26.6. The zero-order chi connectivity index (χ0) is 19.6. The summed E-state index contributed by atoms with van der Waals surface area (Å²) in [5.74, 6) is 0. The molecule has 2 aromatic carbocycles. The molecular formula is C23H38Cl2OSi3Zr-4. The second-order valence-electron chi connectivity index (χ2n) is 7.95. The molecule has 1 aliphatic rings. The second-order valence-corrected chi connectivity index (χ2v) is 17.3. The molecule has 1 nitrogen and oxygen atoms in total. The summed E-state index contributed by atoms with van der Waals surface area (Å²) in [5.41, 5.74) is 0. The van der Waals surface area contributed by atoms with Gasteiger partial charge in [0, 0.05) is 14.7 Å². The molecule has 30 heavy (non-hydrogen) atoms. The van der Waals surface area contributed by atoms with Gasteiger partial charge in [0.25, 0.3) is 0 Å². The first-order chi connectivity index (χ1) is 12.3. The van der Waals surface area contributed by atoms with Crippen molar-refractivity contribution in [3.05, 3.63) is 80.7 Å². The van der Waals surface area contributed by atoms with Gasteiger partial charge in [-0.25, -0.2) is 11.3 Å². The van der Waals surface area contributed by atoms with Crippen molar-refractivity contribution in [3.8, 4) is 0 Å². The van der Waals surface area contributed by atoms with E-state index in [4.69, 9.17) is 4.43 Å². The van der Waals surface area contributed by atoms with Gasteiger partial charge in [-0.1, -0.05) is 19.2 Å². The summed E-state index contributed by atoms with van der Waals surface area (Å²) in [5, 5.41) is 4.15. The van der Waals surface area contributed by atoms with Crippen LogP contribution in [0.2, 0.25) is 38.8 Å². The van der Waals surface area contributed by atoms with E-state index in [1.54, 1.807) is 0 Å². The first kappa shape index (κ1) is 37.7. The molecule has 2 aromatic rings. The minimum Gasteiger partial charge on any atom is -0.168 e. The Bertz CT molecular complexity index is 707. The number of halogens is 2. The third-order valence-electron chi connectivity index (χ3n) is 4.23. The van der Waals surface area contributed by atoms with E-state index in [-0.39, 0.29) is 39.7 Å². The van der Waals surface area contributed by atoms with Crippen LogP contribution < -0.4 is 0 Å². The molecule has 0 bridgehead atoms. The van der Waals surface area contributed by atoms with Crippen LogP contribution in [-0.4, -0.2) is 29.9 Å². The fraction of sp³-hybridized carbons (Fsp3) is 0.348. The number of hydrogen-bond acceptors (Lipinski definition) is 1. The molecule has 0 saturated heterocycles. The molecule has 7 heteroatoms. The first-order valence-corrected chi connectivity index (χ1v) is 19.9. The minimum absolute atomic E-state index is 0. The number of hydrogen-bond donors (Lipinski definition) is 0. The van der Waals surface area contributed by atoms with Crippen LogP contribution in [0.4, 0.5) is 0 Å². The summed E-state index contributed by atoms with van der Waals surface area (Å²) in [6, 6.07) is 15.9. The van der Waals surface area contributed by atoms with Crippen LogP contribution in [0.3, 0.4) is 0 Å². The Morgan fingerprint density at radius 1 is 1.03 bits per heavy atom. The Morgan fingerprint density at radius 3 is 2.13 bits per heavy atom. The van der Waals surface area contributed by atoms with Crippen molar-refractivity contribution >= 4 is 58.9 Å². The van der Waals surface area contributed by atoms with E-state index in [0.717, 1.165) is 13.0 Å². The van der Waals surface area contributed by atoms with E-state index < -0.39 is 16.4 Å². The van der Waals surface area contributed by atoms with E-state index >= 15 is 0 Å². The fourth-order valence-electron chi connectivity index (χ4n) is 2.69. The Hall–Kier alpha value is 0.384. The van der Waals surface area contributed by atoms with Crippen molar-refractivity contribution in [2.45, 2.75) is 45.2 Å². The molecule has 1 aliphatic carbocycles. The van der Waals surface area contributed by atoms with Gasteiger partial charge < -0.3 is 19.3 Å². The van der Waals surface area contributed by atoms with E-state index in [0.29, 0.717) is 0 Å². The molecule has 0 aromatic heterocycles. The van der Waals surface area contributed by atoms with Crippen molar-refractivity contribution in [1.82, 2.24) is 0 Å². The molecular weight excluding hydrogens is 539 g/mol. The average molecular weight is 577 g/mol. The average Bonchev–Trinajstić information content (AvgIpc) is 3.28. The van der Waals surface area contributed by atoms with Gasteiger partial charge in [-0.05, 0) is 25.7 Å². The first-order valence-electron chi connectivity index (χ1n) is 9.05. The summed E-state index contributed by atoms with van der Waals surface area (Å²) < 4.78 is 5.93. The maximum absolute atomic E-state index is 5.93. The van der Waals surface area contributed by atoms with Crippen LogP contribution in [0, 0.1) is 20.9 Å². The summed E-state index contributed by atoms with van der Waals surface area (Å²) >= 11 is 1.36. The van der Waals surface area contributed by atoms with Gasteiger partial charge in [0.15, 0.2) is 8.32 Å². The molecule has 2 radical (unpaired) electrons. The number of benzene rings is 1. The van der Waals surface area contributed by atoms with Crippen LogP contribution in [0.15, 0.2) is 59.8 Å². The van der Waals surface area contributed by atoms with Crippen LogP contribution in [-0.2, 0) is 27.8 Å². The molecule has 0 amide bonds. The zero-order valence-electron chi connectivity index (χ0n) is 19.5. The van der Waals surface area contributed by atoms with Crippen molar-refractivity contribution in [2.75, 3.05) is 6.61 Å². The predicted octanol–water partition coefficient (Wildman–Crippen LogP) is 7.69. The molecule has 170 valence electrons. The van der Waals surface area contributed by atoms with Crippen LogP contribution in [0.1, 0.15) is 6.42 Å².